The summed E-state index contributed by atoms with van der Waals surface area (Å²) in [5.74, 6) is 1.22. The zero-order valence-corrected chi connectivity index (χ0v) is 16.1. The standard InChI is InChI=1S/C19H22N2O4S/c1-13-7-5-6-8-15(13)17-12-18(21(20-17)26(4,22)23)16-10-9-14(24-2)11-19(16)25-3/h5-11,18H,12H2,1-4H3/t18-/m0/s1. The molecule has 1 aliphatic heterocycles. The summed E-state index contributed by atoms with van der Waals surface area (Å²) in [4.78, 5) is 0. The number of ether oxygens (including phenoxy) is 2. The molecule has 0 bridgehead atoms. The van der Waals surface area contributed by atoms with Crippen molar-refractivity contribution in [1.82, 2.24) is 4.41 Å². The van der Waals surface area contributed by atoms with E-state index in [0.29, 0.717) is 17.9 Å². The molecular weight excluding hydrogens is 352 g/mol. The van der Waals surface area contributed by atoms with Crippen molar-refractivity contribution in [3.63, 3.8) is 0 Å². The topological polar surface area (TPSA) is 68.2 Å². The lowest BCUT2D eigenvalue weighted by molar-refractivity contribution is 0.348. The van der Waals surface area contributed by atoms with Crippen LogP contribution in [0.3, 0.4) is 0 Å². The fraction of sp³-hybridized carbons (Fsp3) is 0.316. The van der Waals surface area contributed by atoms with Crippen LogP contribution in [-0.4, -0.2) is 39.0 Å². The van der Waals surface area contributed by atoms with Crippen molar-refractivity contribution in [2.45, 2.75) is 19.4 Å². The molecule has 0 saturated carbocycles. The molecule has 6 nitrogen and oxygen atoms in total. The number of methoxy groups -OCH3 is 2. The van der Waals surface area contributed by atoms with Gasteiger partial charge in [0.2, 0.25) is 10.0 Å². The van der Waals surface area contributed by atoms with E-state index < -0.39 is 16.1 Å². The van der Waals surface area contributed by atoms with Gasteiger partial charge in [-0.05, 0) is 24.6 Å². The molecule has 0 radical (unpaired) electrons. The molecule has 3 rings (SSSR count). The van der Waals surface area contributed by atoms with Crippen molar-refractivity contribution in [3.05, 3.63) is 59.2 Å². The zero-order valence-electron chi connectivity index (χ0n) is 15.3. The van der Waals surface area contributed by atoms with Gasteiger partial charge in [0, 0.05) is 23.6 Å². The van der Waals surface area contributed by atoms with E-state index in [1.807, 2.05) is 37.3 Å². The molecule has 1 aliphatic rings. The highest BCUT2D eigenvalue weighted by Crippen LogP contribution is 2.40. The first kappa shape index (κ1) is 18.3. The van der Waals surface area contributed by atoms with Crippen LogP contribution in [0.25, 0.3) is 0 Å². The van der Waals surface area contributed by atoms with Gasteiger partial charge in [0.05, 0.1) is 32.2 Å². The van der Waals surface area contributed by atoms with Crippen LogP contribution in [0.5, 0.6) is 11.5 Å². The predicted octanol–water partition coefficient (Wildman–Crippen LogP) is 3.12. The molecular formula is C19H22N2O4S. The van der Waals surface area contributed by atoms with E-state index in [-0.39, 0.29) is 0 Å². The van der Waals surface area contributed by atoms with Gasteiger partial charge in [-0.1, -0.05) is 24.3 Å². The number of aryl methyl sites for hydroxylation is 1. The summed E-state index contributed by atoms with van der Waals surface area (Å²) in [6.45, 7) is 1.99. The van der Waals surface area contributed by atoms with Gasteiger partial charge < -0.3 is 9.47 Å². The molecule has 0 aromatic heterocycles. The summed E-state index contributed by atoms with van der Waals surface area (Å²) in [6.07, 6.45) is 1.64. The molecule has 26 heavy (non-hydrogen) atoms. The largest absolute Gasteiger partial charge is 0.497 e. The maximum absolute atomic E-state index is 12.4. The Morgan fingerprint density at radius 3 is 2.46 bits per heavy atom. The van der Waals surface area contributed by atoms with Crippen molar-refractivity contribution in [2.24, 2.45) is 5.10 Å². The Morgan fingerprint density at radius 1 is 1.12 bits per heavy atom. The Bertz CT molecular complexity index is 954. The highest BCUT2D eigenvalue weighted by atomic mass is 32.2. The Balaban J connectivity index is 2.07. The molecule has 0 unspecified atom stereocenters. The molecule has 2 aromatic rings. The van der Waals surface area contributed by atoms with Gasteiger partial charge in [0.15, 0.2) is 0 Å². The highest BCUT2D eigenvalue weighted by molar-refractivity contribution is 7.88. The van der Waals surface area contributed by atoms with Crippen molar-refractivity contribution in [2.75, 3.05) is 20.5 Å². The molecule has 7 heteroatoms. The minimum absolute atomic E-state index is 0.458. The molecule has 138 valence electrons. The van der Waals surface area contributed by atoms with Crippen molar-refractivity contribution in [1.29, 1.82) is 0 Å². The van der Waals surface area contributed by atoms with Gasteiger partial charge in [-0.15, -0.1) is 0 Å². The van der Waals surface area contributed by atoms with Crippen LogP contribution in [0, 0.1) is 6.92 Å². The maximum Gasteiger partial charge on any atom is 0.247 e. The average Bonchev–Trinajstić information content (AvgIpc) is 3.06. The first-order chi connectivity index (χ1) is 12.3. The fourth-order valence-corrected chi connectivity index (χ4v) is 4.08. The molecule has 0 N–H and O–H groups in total. The van der Waals surface area contributed by atoms with E-state index in [2.05, 4.69) is 5.10 Å². The molecule has 1 atom stereocenters. The van der Waals surface area contributed by atoms with E-state index in [9.17, 15) is 8.42 Å². The zero-order chi connectivity index (χ0) is 18.9. The second-order valence-electron chi connectivity index (χ2n) is 6.22. The van der Waals surface area contributed by atoms with Crippen molar-refractivity contribution < 1.29 is 17.9 Å². The molecule has 0 aliphatic carbocycles. The van der Waals surface area contributed by atoms with Crippen LogP contribution in [-0.2, 0) is 10.0 Å². The first-order valence-corrected chi connectivity index (χ1v) is 10.0. The summed E-state index contributed by atoms with van der Waals surface area (Å²) >= 11 is 0. The number of hydrogen-bond donors (Lipinski definition) is 0. The summed E-state index contributed by atoms with van der Waals surface area (Å²) in [7, 11) is -0.403. The Morgan fingerprint density at radius 2 is 1.85 bits per heavy atom. The van der Waals surface area contributed by atoms with Gasteiger partial charge in [-0.25, -0.2) is 8.42 Å². The minimum Gasteiger partial charge on any atom is -0.497 e. The van der Waals surface area contributed by atoms with Gasteiger partial charge in [-0.2, -0.15) is 9.52 Å². The van der Waals surface area contributed by atoms with E-state index in [1.165, 1.54) is 10.7 Å². The van der Waals surface area contributed by atoms with Gasteiger partial charge in [0.25, 0.3) is 0 Å². The molecule has 1 heterocycles. The number of nitrogens with zero attached hydrogens (tertiary/aromatic N) is 2. The van der Waals surface area contributed by atoms with Crippen LogP contribution in [0.2, 0.25) is 0 Å². The third kappa shape index (κ3) is 3.39. The number of sulfonamides is 1. The van der Waals surface area contributed by atoms with Crippen LogP contribution >= 0.6 is 0 Å². The van der Waals surface area contributed by atoms with Crippen molar-refractivity contribution >= 4 is 15.7 Å². The lowest BCUT2D eigenvalue weighted by Crippen LogP contribution is -2.26. The number of hydrogen-bond acceptors (Lipinski definition) is 5. The molecule has 0 spiro atoms. The van der Waals surface area contributed by atoms with Crippen LogP contribution in [0.15, 0.2) is 47.6 Å². The monoisotopic (exact) mass is 374 g/mol. The minimum atomic E-state index is -3.54. The maximum atomic E-state index is 12.4. The fourth-order valence-electron chi connectivity index (χ4n) is 3.18. The molecule has 2 aromatic carbocycles. The SMILES string of the molecule is COc1ccc([C@@H]2CC(c3ccccc3C)=NN2S(C)(=O)=O)c(OC)c1. The first-order valence-electron chi connectivity index (χ1n) is 8.20. The van der Waals surface area contributed by atoms with Gasteiger partial charge in [-0.3, -0.25) is 0 Å². The predicted molar refractivity (Wildman–Crippen MR) is 101 cm³/mol. The lowest BCUT2D eigenvalue weighted by Gasteiger charge is -2.23. The summed E-state index contributed by atoms with van der Waals surface area (Å²) in [5, 5.41) is 4.44. The Kier molecular flexibility index (Phi) is 4.91. The van der Waals surface area contributed by atoms with Crippen LogP contribution in [0.1, 0.15) is 29.2 Å². The second-order valence-corrected chi connectivity index (χ2v) is 8.07. The van der Waals surface area contributed by atoms with E-state index in [0.717, 1.165) is 22.4 Å². The average molecular weight is 374 g/mol. The normalized spacial score (nSPS) is 17.2. The third-order valence-corrected chi connectivity index (χ3v) is 5.48. The molecule has 0 amide bonds. The van der Waals surface area contributed by atoms with E-state index in [4.69, 9.17) is 9.47 Å². The van der Waals surface area contributed by atoms with Crippen LogP contribution in [0.4, 0.5) is 0 Å². The summed E-state index contributed by atoms with van der Waals surface area (Å²) in [6, 6.07) is 12.7. The molecule has 0 saturated heterocycles. The smallest absolute Gasteiger partial charge is 0.247 e. The summed E-state index contributed by atoms with van der Waals surface area (Å²) < 4.78 is 36.6. The number of benzene rings is 2. The third-order valence-electron chi connectivity index (χ3n) is 4.47. The van der Waals surface area contributed by atoms with E-state index in [1.54, 1.807) is 26.4 Å². The lowest BCUT2D eigenvalue weighted by atomic mass is 9.96. The number of hydrazone groups is 1. The highest BCUT2D eigenvalue weighted by Gasteiger charge is 2.36. The quantitative estimate of drug-likeness (QED) is 0.806. The Labute approximate surface area is 154 Å². The van der Waals surface area contributed by atoms with E-state index >= 15 is 0 Å². The Hall–Kier alpha value is -2.54. The second kappa shape index (κ2) is 6.99. The van der Waals surface area contributed by atoms with Gasteiger partial charge in [0.1, 0.15) is 11.5 Å². The number of rotatable bonds is 5. The van der Waals surface area contributed by atoms with Crippen LogP contribution < -0.4 is 9.47 Å². The summed E-state index contributed by atoms with van der Waals surface area (Å²) in [5.41, 5.74) is 3.51. The van der Waals surface area contributed by atoms with Crippen molar-refractivity contribution in [3.8, 4) is 11.5 Å². The molecule has 0 fully saturated rings. The van der Waals surface area contributed by atoms with Gasteiger partial charge >= 0.3 is 0 Å².